The maximum absolute atomic E-state index is 5.40. The van der Waals surface area contributed by atoms with E-state index in [9.17, 15) is 0 Å². The Labute approximate surface area is 97.5 Å². The van der Waals surface area contributed by atoms with Gasteiger partial charge in [-0.3, -0.25) is 0 Å². The van der Waals surface area contributed by atoms with E-state index in [1.807, 2.05) is 7.11 Å². The summed E-state index contributed by atoms with van der Waals surface area (Å²) in [7, 11) is 1.84. The molecule has 1 aliphatic carbocycles. The molecule has 2 nitrogen and oxygen atoms in total. The van der Waals surface area contributed by atoms with E-state index in [1.54, 1.807) is 0 Å². The molecule has 0 radical (unpaired) electrons. The molecular formula is C12H23NOS. The SMILES string of the molecule is COC1CCC(NC2CCSCC2)CC1. The van der Waals surface area contributed by atoms with Gasteiger partial charge in [-0.05, 0) is 50.0 Å². The summed E-state index contributed by atoms with van der Waals surface area (Å²) in [5.41, 5.74) is 0. The summed E-state index contributed by atoms with van der Waals surface area (Å²) in [5.74, 6) is 2.70. The second-order valence-corrected chi connectivity index (χ2v) is 5.99. The van der Waals surface area contributed by atoms with Crippen LogP contribution < -0.4 is 5.32 Å². The Morgan fingerprint density at radius 3 is 2.13 bits per heavy atom. The highest BCUT2D eigenvalue weighted by atomic mass is 32.2. The zero-order valence-corrected chi connectivity index (χ0v) is 10.5. The van der Waals surface area contributed by atoms with Crippen molar-refractivity contribution in [1.82, 2.24) is 5.32 Å². The van der Waals surface area contributed by atoms with Gasteiger partial charge in [-0.1, -0.05) is 0 Å². The summed E-state index contributed by atoms with van der Waals surface area (Å²) in [6, 6.07) is 1.57. The van der Waals surface area contributed by atoms with Crippen LogP contribution in [-0.4, -0.2) is 36.8 Å². The Kier molecular flexibility index (Phi) is 4.79. The molecule has 1 heterocycles. The lowest BCUT2D eigenvalue weighted by atomic mass is 9.92. The minimum atomic E-state index is 0.532. The molecule has 2 rings (SSSR count). The van der Waals surface area contributed by atoms with Gasteiger partial charge in [-0.25, -0.2) is 0 Å². The van der Waals surface area contributed by atoms with Crippen LogP contribution in [0.3, 0.4) is 0 Å². The summed E-state index contributed by atoms with van der Waals surface area (Å²) < 4.78 is 5.40. The lowest BCUT2D eigenvalue weighted by Crippen LogP contribution is -2.43. The van der Waals surface area contributed by atoms with Crippen molar-refractivity contribution in [3.8, 4) is 0 Å². The highest BCUT2D eigenvalue weighted by Gasteiger charge is 2.23. The quantitative estimate of drug-likeness (QED) is 0.803. The van der Waals surface area contributed by atoms with Gasteiger partial charge in [0.2, 0.25) is 0 Å². The topological polar surface area (TPSA) is 21.3 Å². The molecule has 3 heteroatoms. The van der Waals surface area contributed by atoms with Gasteiger partial charge in [-0.15, -0.1) is 0 Å². The maximum atomic E-state index is 5.40. The van der Waals surface area contributed by atoms with Crippen LogP contribution in [0, 0.1) is 0 Å². The molecule has 15 heavy (non-hydrogen) atoms. The summed E-state index contributed by atoms with van der Waals surface area (Å²) >= 11 is 2.10. The number of hydrogen-bond donors (Lipinski definition) is 1. The lowest BCUT2D eigenvalue weighted by Gasteiger charge is -2.33. The smallest absolute Gasteiger partial charge is 0.0572 e. The van der Waals surface area contributed by atoms with E-state index >= 15 is 0 Å². The van der Waals surface area contributed by atoms with Crippen molar-refractivity contribution in [2.45, 2.75) is 56.7 Å². The van der Waals surface area contributed by atoms with Crippen molar-refractivity contribution in [3.63, 3.8) is 0 Å². The molecule has 0 aromatic carbocycles. The highest BCUT2D eigenvalue weighted by Crippen LogP contribution is 2.23. The molecule has 1 N–H and O–H groups in total. The molecule has 0 atom stereocenters. The van der Waals surface area contributed by atoms with Gasteiger partial charge in [0.25, 0.3) is 0 Å². The number of thioether (sulfide) groups is 1. The van der Waals surface area contributed by atoms with Crippen molar-refractivity contribution < 1.29 is 4.74 Å². The van der Waals surface area contributed by atoms with Gasteiger partial charge in [0.15, 0.2) is 0 Å². The average Bonchev–Trinajstić information content (AvgIpc) is 2.31. The van der Waals surface area contributed by atoms with E-state index in [0.717, 1.165) is 12.1 Å². The zero-order valence-electron chi connectivity index (χ0n) is 9.71. The summed E-state index contributed by atoms with van der Waals surface area (Å²) in [6.45, 7) is 0. The molecule has 1 aliphatic heterocycles. The largest absolute Gasteiger partial charge is 0.381 e. The van der Waals surface area contributed by atoms with Crippen LogP contribution in [0.4, 0.5) is 0 Å². The molecule has 88 valence electrons. The third-order valence-electron chi connectivity index (χ3n) is 3.70. The standard InChI is InChI=1S/C12H23NOS/c1-14-12-4-2-10(3-5-12)13-11-6-8-15-9-7-11/h10-13H,2-9H2,1H3. The van der Waals surface area contributed by atoms with E-state index < -0.39 is 0 Å². The second kappa shape index (κ2) is 6.12. The third kappa shape index (κ3) is 3.65. The van der Waals surface area contributed by atoms with Crippen LogP contribution in [-0.2, 0) is 4.74 Å². The van der Waals surface area contributed by atoms with Crippen LogP contribution in [0.2, 0.25) is 0 Å². The Bertz CT molecular complexity index is 174. The van der Waals surface area contributed by atoms with Crippen LogP contribution in [0.25, 0.3) is 0 Å². The van der Waals surface area contributed by atoms with Crippen LogP contribution in [0.5, 0.6) is 0 Å². The number of hydrogen-bond acceptors (Lipinski definition) is 3. The first-order valence-electron chi connectivity index (χ1n) is 6.25. The van der Waals surface area contributed by atoms with E-state index in [4.69, 9.17) is 4.74 Å². The Hall–Kier alpha value is 0.270. The fourth-order valence-electron chi connectivity index (χ4n) is 2.66. The van der Waals surface area contributed by atoms with Gasteiger partial charge in [0.1, 0.15) is 0 Å². The summed E-state index contributed by atoms with van der Waals surface area (Å²) in [6.07, 6.45) is 8.38. The molecule has 0 unspecified atom stereocenters. The van der Waals surface area contributed by atoms with Gasteiger partial charge < -0.3 is 10.1 Å². The molecule has 0 aromatic heterocycles. The predicted molar refractivity (Wildman–Crippen MR) is 66.5 cm³/mol. The molecular weight excluding hydrogens is 206 g/mol. The van der Waals surface area contributed by atoms with Gasteiger partial charge in [0, 0.05) is 19.2 Å². The zero-order chi connectivity index (χ0) is 10.5. The molecule has 0 bridgehead atoms. The van der Waals surface area contributed by atoms with E-state index in [0.29, 0.717) is 6.10 Å². The molecule has 2 aliphatic rings. The Morgan fingerprint density at radius 2 is 1.53 bits per heavy atom. The summed E-state index contributed by atoms with van der Waals surface area (Å²) in [5, 5.41) is 3.83. The number of rotatable bonds is 3. The molecule has 1 saturated heterocycles. The third-order valence-corrected chi connectivity index (χ3v) is 4.75. The van der Waals surface area contributed by atoms with Crippen molar-refractivity contribution in [2.24, 2.45) is 0 Å². The highest BCUT2D eigenvalue weighted by molar-refractivity contribution is 7.99. The normalized spacial score (nSPS) is 34.2. The van der Waals surface area contributed by atoms with Crippen molar-refractivity contribution in [3.05, 3.63) is 0 Å². The van der Waals surface area contributed by atoms with E-state index in [1.165, 1.54) is 50.0 Å². The first-order chi connectivity index (χ1) is 7.38. The Morgan fingerprint density at radius 1 is 0.933 bits per heavy atom. The van der Waals surface area contributed by atoms with Gasteiger partial charge >= 0.3 is 0 Å². The number of methoxy groups -OCH3 is 1. The van der Waals surface area contributed by atoms with E-state index in [2.05, 4.69) is 17.1 Å². The van der Waals surface area contributed by atoms with Crippen LogP contribution >= 0.6 is 11.8 Å². The average molecular weight is 229 g/mol. The van der Waals surface area contributed by atoms with Crippen LogP contribution in [0.1, 0.15) is 38.5 Å². The van der Waals surface area contributed by atoms with Gasteiger partial charge in [0.05, 0.1) is 6.10 Å². The van der Waals surface area contributed by atoms with Crippen molar-refractivity contribution in [2.75, 3.05) is 18.6 Å². The van der Waals surface area contributed by atoms with Crippen molar-refractivity contribution >= 4 is 11.8 Å². The fourth-order valence-corrected chi connectivity index (χ4v) is 3.77. The van der Waals surface area contributed by atoms with Crippen molar-refractivity contribution in [1.29, 1.82) is 0 Å². The lowest BCUT2D eigenvalue weighted by molar-refractivity contribution is 0.0610. The molecule has 1 saturated carbocycles. The molecule has 0 spiro atoms. The number of nitrogens with one attached hydrogen (secondary N) is 1. The maximum Gasteiger partial charge on any atom is 0.0572 e. The van der Waals surface area contributed by atoms with Gasteiger partial charge in [-0.2, -0.15) is 11.8 Å². The summed E-state index contributed by atoms with van der Waals surface area (Å²) in [4.78, 5) is 0. The monoisotopic (exact) mass is 229 g/mol. The minimum absolute atomic E-state index is 0.532. The molecule has 0 aromatic rings. The second-order valence-electron chi connectivity index (χ2n) is 4.76. The minimum Gasteiger partial charge on any atom is -0.381 e. The fraction of sp³-hybridized carbons (Fsp3) is 1.00. The van der Waals surface area contributed by atoms with Crippen LogP contribution in [0.15, 0.2) is 0 Å². The Balaban J connectivity index is 1.67. The first kappa shape index (κ1) is 11.7. The predicted octanol–water partition coefficient (Wildman–Crippen LogP) is 2.43. The molecule has 2 fully saturated rings. The van der Waals surface area contributed by atoms with E-state index in [-0.39, 0.29) is 0 Å². The first-order valence-corrected chi connectivity index (χ1v) is 7.40. The number of ether oxygens (including phenoxy) is 1. The molecule has 0 amide bonds.